The van der Waals surface area contributed by atoms with Gasteiger partial charge in [0.1, 0.15) is 0 Å². The van der Waals surface area contributed by atoms with Gasteiger partial charge in [0, 0.05) is 17.3 Å². The second-order valence-electron chi connectivity index (χ2n) is 6.10. The van der Waals surface area contributed by atoms with E-state index in [1.807, 2.05) is 0 Å². The summed E-state index contributed by atoms with van der Waals surface area (Å²) in [6.07, 6.45) is 1.66. The van der Waals surface area contributed by atoms with Crippen LogP contribution in [0.4, 0.5) is 5.69 Å². The fraction of sp³-hybridized carbons (Fsp3) is 0.176. The second-order valence-corrected chi connectivity index (χ2v) is 7.82. The van der Waals surface area contributed by atoms with Gasteiger partial charge in [-0.15, -0.1) is 0 Å². The molecule has 1 amide bonds. The van der Waals surface area contributed by atoms with Gasteiger partial charge in [-0.05, 0) is 49.2 Å². The second kappa shape index (κ2) is 6.11. The number of fused-ring (bicyclic) bond motifs is 1. The van der Waals surface area contributed by atoms with E-state index in [1.165, 1.54) is 24.3 Å². The molecule has 4 rings (SSSR count). The first kappa shape index (κ1) is 16.6. The number of amides is 1. The third-order valence-electron chi connectivity index (χ3n) is 3.98. The molecule has 9 heteroatoms. The van der Waals surface area contributed by atoms with Gasteiger partial charge in [-0.2, -0.15) is 0 Å². The van der Waals surface area contributed by atoms with Gasteiger partial charge in [-0.1, -0.05) is 6.07 Å². The Morgan fingerprint density at radius 3 is 2.73 bits per heavy atom. The summed E-state index contributed by atoms with van der Waals surface area (Å²) in [7, 11) is -3.63. The average molecular weight is 373 g/mol. The Hall–Kier alpha value is -2.91. The smallest absolute Gasteiger partial charge is 0.408 e. The van der Waals surface area contributed by atoms with E-state index in [1.54, 1.807) is 18.2 Å². The third-order valence-corrected chi connectivity index (χ3v) is 5.50. The number of oxazole rings is 1. The van der Waals surface area contributed by atoms with Crippen molar-refractivity contribution in [2.45, 2.75) is 23.8 Å². The maximum absolute atomic E-state index is 12.4. The molecule has 0 aliphatic heterocycles. The highest BCUT2D eigenvalue weighted by molar-refractivity contribution is 7.89. The molecule has 0 radical (unpaired) electrons. The van der Waals surface area contributed by atoms with Crippen LogP contribution < -0.4 is 15.8 Å². The number of carbonyl (C=O) groups excluding carboxylic acids is 1. The summed E-state index contributed by atoms with van der Waals surface area (Å²) < 4.78 is 32.0. The molecule has 0 atom stereocenters. The van der Waals surface area contributed by atoms with Gasteiger partial charge in [-0.3, -0.25) is 9.78 Å². The maximum Gasteiger partial charge on any atom is 0.417 e. The van der Waals surface area contributed by atoms with Crippen molar-refractivity contribution in [3.05, 3.63) is 58.6 Å². The summed E-state index contributed by atoms with van der Waals surface area (Å²) in [4.78, 5) is 26.2. The normalized spacial score (nSPS) is 14.5. The number of anilines is 1. The number of H-pyrrole nitrogens is 1. The quantitative estimate of drug-likeness (QED) is 0.630. The molecular formula is C17H15N3O5S. The minimum absolute atomic E-state index is 0.0127. The van der Waals surface area contributed by atoms with E-state index in [0.29, 0.717) is 16.8 Å². The monoisotopic (exact) mass is 373 g/mol. The molecule has 26 heavy (non-hydrogen) atoms. The van der Waals surface area contributed by atoms with E-state index in [4.69, 9.17) is 4.42 Å². The number of hydrogen-bond donors (Lipinski definition) is 3. The lowest BCUT2D eigenvalue weighted by atomic mass is 10.2. The van der Waals surface area contributed by atoms with Crippen LogP contribution in [0.5, 0.6) is 0 Å². The first-order valence-corrected chi connectivity index (χ1v) is 9.46. The summed E-state index contributed by atoms with van der Waals surface area (Å²) >= 11 is 0. The predicted molar refractivity (Wildman–Crippen MR) is 94.6 cm³/mol. The number of aromatic amines is 1. The van der Waals surface area contributed by atoms with Gasteiger partial charge in [-0.25, -0.2) is 17.9 Å². The van der Waals surface area contributed by atoms with Crippen LogP contribution in [0, 0.1) is 0 Å². The first-order chi connectivity index (χ1) is 12.4. The molecule has 0 bridgehead atoms. The van der Waals surface area contributed by atoms with Crippen LogP contribution >= 0.6 is 0 Å². The minimum atomic E-state index is -3.63. The van der Waals surface area contributed by atoms with Crippen molar-refractivity contribution >= 4 is 32.7 Å². The number of aromatic nitrogens is 1. The number of hydrogen-bond acceptors (Lipinski definition) is 5. The topological polar surface area (TPSA) is 121 Å². The van der Waals surface area contributed by atoms with Crippen LogP contribution in [0.2, 0.25) is 0 Å². The average Bonchev–Trinajstić information content (AvgIpc) is 3.32. The zero-order valence-corrected chi connectivity index (χ0v) is 14.3. The van der Waals surface area contributed by atoms with Gasteiger partial charge >= 0.3 is 5.76 Å². The molecule has 1 aromatic heterocycles. The molecule has 1 heterocycles. The van der Waals surface area contributed by atoms with Crippen molar-refractivity contribution in [1.82, 2.24) is 9.71 Å². The lowest BCUT2D eigenvalue weighted by Crippen LogP contribution is -2.26. The Morgan fingerprint density at radius 2 is 1.96 bits per heavy atom. The fourth-order valence-corrected chi connectivity index (χ4v) is 3.88. The van der Waals surface area contributed by atoms with Crippen LogP contribution in [-0.4, -0.2) is 25.4 Å². The van der Waals surface area contributed by atoms with Crippen LogP contribution in [0.1, 0.15) is 23.2 Å². The standard InChI is InChI=1S/C17H15N3O5S/c21-16(18-12-6-7-15-14(9-12)19-17(22)25-15)10-2-1-3-13(8-10)26(23,24)20-11-4-5-11/h1-3,6-9,11,20H,4-5H2,(H,18,21)(H,19,22). The van der Waals surface area contributed by atoms with Crippen molar-refractivity contribution in [1.29, 1.82) is 0 Å². The van der Waals surface area contributed by atoms with Crippen LogP contribution in [0.3, 0.4) is 0 Å². The van der Waals surface area contributed by atoms with E-state index >= 15 is 0 Å². The van der Waals surface area contributed by atoms with Gasteiger partial charge in [0.15, 0.2) is 5.58 Å². The van der Waals surface area contributed by atoms with E-state index in [0.717, 1.165) is 12.8 Å². The number of carbonyl (C=O) groups is 1. The number of sulfonamides is 1. The summed E-state index contributed by atoms with van der Waals surface area (Å²) in [5.41, 5.74) is 1.50. The third kappa shape index (κ3) is 3.39. The SMILES string of the molecule is O=C(Nc1ccc2oc(=O)[nH]c2c1)c1cccc(S(=O)(=O)NC2CC2)c1. The molecular weight excluding hydrogens is 358 g/mol. The Kier molecular flexibility index (Phi) is 3.89. The van der Waals surface area contributed by atoms with E-state index in [-0.39, 0.29) is 16.5 Å². The highest BCUT2D eigenvalue weighted by Crippen LogP contribution is 2.23. The van der Waals surface area contributed by atoms with E-state index in [9.17, 15) is 18.0 Å². The van der Waals surface area contributed by atoms with Crippen molar-refractivity contribution < 1.29 is 17.6 Å². The van der Waals surface area contributed by atoms with Crippen LogP contribution in [0.15, 0.2) is 56.6 Å². The molecule has 0 unspecified atom stereocenters. The van der Waals surface area contributed by atoms with E-state index < -0.39 is 21.7 Å². The van der Waals surface area contributed by atoms with Gasteiger partial charge in [0.2, 0.25) is 10.0 Å². The Bertz CT molecular complexity index is 1160. The van der Waals surface area contributed by atoms with Gasteiger partial charge in [0.25, 0.3) is 5.91 Å². The molecule has 1 fully saturated rings. The fourth-order valence-electron chi connectivity index (χ4n) is 2.53. The molecule has 134 valence electrons. The molecule has 3 N–H and O–H groups in total. The molecule has 3 aromatic rings. The predicted octanol–water partition coefficient (Wildman–Crippen LogP) is 1.81. The van der Waals surface area contributed by atoms with Crippen LogP contribution in [-0.2, 0) is 10.0 Å². The van der Waals surface area contributed by atoms with Crippen molar-refractivity contribution in [3.8, 4) is 0 Å². The highest BCUT2D eigenvalue weighted by atomic mass is 32.2. The largest absolute Gasteiger partial charge is 0.417 e. The molecule has 1 saturated carbocycles. The first-order valence-electron chi connectivity index (χ1n) is 7.97. The van der Waals surface area contributed by atoms with Crippen molar-refractivity contribution in [3.63, 3.8) is 0 Å². The van der Waals surface area contributed by atoms with Crippen LogP contribution in [0.25, 0.3) is 11.1 Å². The Balaban J connectivity index is 1.57. The van der Waals surface area contributed by atoms with E-state index in [2.05, 4.69) is 15.0 Å². The van der Waals surface area contributed by atoms with Gasteiger partial charge < -0.3 is 9.73 Å². The Morgan fingerprint density at radius 1 is 1.15 bits per heavy atom. The van der Waals surface area contributed by atoms with Crippen molar-refractivity contribution in [2.75, 3.05) is 5.32 Å². The number of nitrogens with one attached hydrogen (secondary N) is 3. The zero-order valence-electron chi connectivity index (χ0n) is 13.5. The zero-order chi connectivity index (χ0) is 18.3. The summed E-state index contributed by atoms with van der Waals surface area (Å²) in [6, 6.07) is 10.5. The molecule has 0 saturated heterocycles. The summed E-state index contributed by atoms with van der Waals surface area (Å²) in [5, 5.41) is 2.67. The summed E-state index contributed by atoms with van der Waals surface area (Å²) in [6.45, 7) is 0. The molecule has 1 aliphatic rings. The number of benzene rings is 2. The highest BCUT2D eigenvalue weighted by Gasteiger charge is 2.28. The molecule has 1 aliphatic carbocycles. The molecule has 8 nitrogen and oxygen atoms in total. The lowest BCUT2D eigenvalue weighted by molar-refractivity contribution is 0.102. The molecule has 0 spiro atoms. The number of rotatable bonds is 5. The Labute approximate surface area is 148 Å². The minimum Gasteiger partial charge on any atom is -0.408 e. The van der Waals surface area contributed by atoms with Crippen molar-refractivity contribution in [2.24, 2.45) is 0 Å². The lowest BCUT2D eigenvalue weighted by Gasteiger charge is -2.08. The summed E-state index contributed by atoms with van der Waals surface area (Å²) in [5.74, 6) is -1.04. The maximum atomic E-state index is 12.4. The molecule has 2 aromatic carbocycles. The van der Waals surface area contributed by atoms with Gasteiger partial charge in [0.05, 0.1) is 10.4 Å².